The van der Waals surface area contributed by atoms with Gasteiger partial charge in [0.25, 0.3) is 5.91 Å². The van der Waals surface area contributed by atoms with E-state index in [9.17, 15) is 4.79 Å². The van der Waals surface area contributed by atoms with E-state index in [0.717, 1.165) is 22.3 Å². The summed E-state index contributed by atoms with van der Waals surface area (Å²) in [6, 6.07) is 5.85. The molecule has 1 atom stereocenters. The minimum atomic E-state index is -0.221. The van der Waals surface area contributed by atoms with Crippen molar-refractivity contribution in [2.24, 2.45) is 7.05 Å². The van der Waals surface area contributed by atoms with Crippen molar-refractivity contribution in [3.8, 4) is 0 Å². The molecule has 2 N–H and O–H groups in total. The summed E-state index contributed by atoms with van der Waals surface area (Å²) in [7, 11) is 1.85. The zero-order valence-electron chi connectivity index (χ0n) is 16.4. The average molecular weight is 377 g/mol. The lowest BCUT2D eigenvalue weighted by molar-refractivity contribution is 0.0935. The summed E-state index contributed by atoms with van der Waals surface area (Å²) < 4.78 is 3.76. The van der Waals surface area contributed by atoms with Gasteiger partial charge in [-0.05, 0) is 50.1 Å². The fourth-order valence-electron chi connectivity index (χ4n) is 3.20. The van der Waals surface area contributed by atoms with Crippen LogP contribution in [0.3, 0.4) is 0 Å². The number of hydrogen-bond acceptors (Lipinski definition) is 4. The molecule has 0 aliphatic rings. The number of aromatic amines is 1. The normalized spacial score (nSPS) is 12.4. The molecule has 3 heterocycles. The highest BCUT2D eigenvalue weighted by molar-refractivity contribution is 5.92. The minimum Gasteiger partial charge on any atom is -0.344 e. The average Bonchev–Trinajstić information content (AvgIpc) is 3.37. The Morgan fingerprint density at radius 1 is 1.25 bits per heavy atom. The van der Waals surface area contributed by atoms with Gasteiger partial charge in [-0.15, -0.1) is 0 Å². The van der Waals surface area contributed by atoms with Crippen molar-refractivity contribution >= 4 is 16.9 Å². The Bertz CT molecular complexity index is 1150. The van der Waals surface area contributed by atoms with Crippen molar-refractivity contribution in [2.45, 2.75) is 33.4 Å². The van der Waals surface area contributed by atoms with Crippen LogP contribution < -0.4 is 5.32 Å². The van der Waals surface area contributed by atoms with Gasteiger partial charge >= 0.3 is 0 Å². The third-order valence-electron chi connectivity index (χ3n) is 5.01. The third-order valence-corrected chi connectivity index (χ3v) is 5.01. The summed E-state index contributed by atoms with van der Waals surface area (Å²) in [4.78, 5) is 17.0. The van der Waals surface area contributed by atoms with E-state index in [2.05, 4.69) is 56.1 Å². The Morgan fingerprint density at radius 2 is 2.04 bits per heavy atom. The minimum absolute atomic E-state index is 0.148. The van der Waals surface area contributed by atoms with Gasteiger partial charge < -0.3 is 9.88 Å². The molecule has 1 amide bonds. The molecule has 144 valence electrons. The number of aromatic nitrogens is 6. The molecule has 0 spiro atoms. The number of H-pyrrole nitrogens is 1. The fraction of sp³-hybridized carbons (Fsp3) is 0.300. The number of nitrogens with one attached hydrogen (secondary N) is 2. The fourth-order valence-corrected chi connectivity index (χ4v) is 3.20. The first-order valence-corrected chi connectivity index (χ1v) is 9.16. The van der Waals surface area contributed by atoms with E-state index in [1.54, 1.807) is 16.9 Å². The largest absolute Gasteiger partial charge is 0.344 e. The molecule has 0 unspecified atom stereocenters. The molecule has 0 aliphatic heterocycles. The number of amides is 1. The molecule has 4 aromatic rings. The topological polar surface area (TPSA) is 93.4 Å². The number of aryl methyl sites for hydroxylation is 3. The van der Waals surface area contributed by atoms with E-state index >= 15 is 0 Å². The Balaban J connectivity index is 1.48. The monoisotopic (exact) mass is 377 g/mol. The van der Waals surface area contributed by atoms with Crippen molar-refractivity contribution in [3.63, 3.8) is 0 Å². The number of carbonyl (C=O) groups is 1. The smallest absolute Gasteiger partial charge is 0.272 e. The SMILES string of the molecule is Cc1cc2ncn(Cc3cc(C(=O)N[C@@H](C)c4cnn(C)c4)n[nH]3)c2cc1C. The van der Waals surface area contributed by atoms with Crippen molar-refractivity contribution in [1.29, 1.82) is 0 Å². The molecule has 8 nitrogen and oxygen atoms in total. The van der Waals surface area contributed by atoms with Crippen molar-refractivity contribution in [3.05, 3.63) is 65.0 Å². The zero-order chi connectivity index (χ0) is 19.8. The first-order chi connectivity index (χ1) is 13.4. The van der Waals surface area contributed by atoms with Gasteiger partial charge in [0.05, 0.1) is 41.8 Å². The molecule has 0 aliphatic carbocycles. The highest BCUT2D eigenvalue weighted by Crippen LogP contribution is 2.19. The van der Waals surface area contributed by atoms with Crippen LogP contribution in [0, 0.1) is 13.8 Å². The number of fused-ring (bicyclic) bond motifs is 1. The molecular weight excluding hydrogens is 354 g/mol. The van der Waals surface area contributed by atoms with E-state index in [0.29, 0.717) is 12.2 Å². The van der Waals surface area contributed by atoms with Crippen LogP contribution in [0.2, 0.25) is 0 Å². The van der Waals surface area contributed by atoms with E-state index < -0.39 is 0 Å². The molecule has 8 heteroatoms. The molecule has 0 radical (unpaired) electrons. The van der Waals surface area contributed by atoms with E-state index in [-0.39, 0.29) is 11.9 Å². The van der Waals surface area contributed by atoms with Gasteiger partial charge in [0, 0.05) is 18.8 Å². The van der Waals surface area contributed by atoms with Gasteiger partial charge in [0.2, 0.25) is 0 Å². The maximum atomic E-state index is 12.5. The molecular formula is C20H23N7O. The third kappa shape index (κ3) is 3.40. The highest BCUT2D eigenvalue weighted by Gasteiger charge is 2.16. The van der Waals surface area contributed by atoms with Gasteiger partial charge in [0.15, 0.2) is 0 Å². The summed E-state index contributed by atoms with van der Waals surface area (Å²) in [6.45, 7) is 6.66. The lowest BCUT2D eigenvalue weighted by Crippen LogP contribution is -2.26. The van der Waals surface area contributed by atoms with Gasteiger partial charge in [0.1, 0.15) is 5.69 Å². The lowest BCUT2D eigenvalue weighted by atomic mass is 10.1. The molecule has 0 fully saturated rings. The second-order valence-corrected chi connectivity index (χ2v) is 7.22. The number of benzene rings is 1. The molecule has 28 heavy (non-hydrogen) atoms. The Morgan fingerprint density at radius 3 is 2.79 bits per heavy atom. The highest BCUT2D eigenvalue weighted by atomic mass is 16.2. The molecule has 4 rings (SSSR count). The number of imidazole rings is 1. The number of rotatable bonds is 5. The molecule has 0 saturated heterocycles. The maximum absolute atomic E-state index is 12.5. The summed E-state index contributed by atoms with van der Waals surface area (Å²) in [6.07, 6.45) is 5.44. The van der Waals surface area contributed by atoms with Crippen LogP contribution in [0.25, 0.3) is 11.0 Å². The Kier molecular flexibility index (Phi) is 4.46. The summed E-state index contributed by atoms with van der Waals surface area (Å²) >= 11 is 0. The van der Waals surface area contributed by atoms with Crippen LogP contribution in [0.15, 0.2) is 36.9 Å². The van der Waals surface area contributed by atoms with Gasteiger partial charge in [-0.1, -0.05) is 0 Å². The summed E-state index contributed by atoms with van der Waals surface area (Å²) in [5, 5.41) is 14.2. The van der Waals surface area contributed by atoms with Crippen molar-refractivity contribution in [2.75, 3.05) is 0 Å². The van der Waals surface area contributed by atoms with Gasteiger partial charge in [-0.25, -0.2) is 4.98 Å². The molecule has 0 saturated carbocycles. The lowest BCUT2D eigenvalue weighted by Gasteiger charge is -2.10. The van der Waals surface area contributed by atoms with Crippen LogP contribution in [0.4, 0.5) is 0 Å². The predicted molar refractivity (Wildman–Crippen MR) is 106 cm³/mol. The van der Waals surface area contributed by atoms with Gasteiger partial charge in [-0.3, -0.25) is 14.6 Å². The van der Waals surface area contributed by atoms with Crippen LogP contribution in [0.5, 0.6) is 0 Å². The first kappa shape index (κ1) is 18.0. The summed E-state index contributed by atoms with van der Waals surface area (Å²) in [5.41, 5.74) is 6.63. The number of hydrogen-bond donors (Lipinski definition) is 2. The number of nitrogens with zero attached hydrogens (tertiary/aromatic N) is 5. The Labute approximate surface area is 162 Å². The van der Waals surface area contributed by atoms with Crippen LogP contribution in [-0.4, -0.2) is 35.4 Å². The van der Waals surface area contributed by atoms with E-state index in [1.807, 2.05) is 26.5 Å². The van der Waals surface area contributed by atoms with E-state index in [4.69, 9.17) is 0 Å². The standard InChI is InChI=1S/C20H23N7O/c1-12-5-17-19(6-13(12)2)27(11-21-17)10-16-7-18(25-24-16)20(28)23-14(3)15-8-22-26(4)9-15/h5-9,11,14H,10H2,1-4H3,(H,23,28)(H,24,25)/t14-/m0/s1. The molecule has 3 aromatic heterocycles. The molecule has 1 aromatic carbocycles. The molecule has 0 bridgehead atoms. The zero-order valence-corrected chi connectivity index (χ0v) is 16.4. The maximum Gasteiger partial charge on any atom is 0.272 e. The van der Waals surface area contributed by atoms with Crippen molar-refractivity contribution < 1.29 is 4.79 Å². The summed E-state index contributed by atoms with van der Waals surface area (Å²) in [5.74, 6) is -0.221. The van der Waals surface area contributed by atoms with Crippen LogP contribution in [-0.2, 0) is 13.6 Å². The van der Waals surface area contributed by atoms with Crippen molar-refractivity contribution in [1.82, 2.24) is 34.8 Å². The van der Waals surface area contributed by atoms with Crippen LogP contribution >= 0.6 is 0 Å². The van der Waals surface area contributed by atoms with Gasteiger partial charge in [-0.2, -0.15) is 10.2 Å². The Hall–Kier alpha value is -3.42. The van der Waals surface area contributed by atoms with Crippen LogP contribution in [0.1, 0.15) is 45.8 Å². The second kappa shape index (κ2) is 6.95. The predicted octanol–water partition coefficient (Wildman–Crippen LogP) is 2.65. The number of carbonyl (C=O) groups excluding carboxylic acids is 1. The second-order valence-electron chi connectivity index (χ2n) is 7.22. The quantitative estimate of drug-likeness (QED) is 0.559. The van der Waals surface area contributed by atoms with E-state index in [1.165, 1.54) is 11.1 Å². The first-order valence-electron chi connectivity index (χ1n) is 9.16.